The van der Waals surface area contributed by atoms with Crippen molar-refractivity contribution in [1.82, 2.24) is 0 Å². The Balaban J connectivity index is 2.33. The normalized spacial score (nSPS) is 24.5. The third kappa shape index (κ3) is 5.09. The molecule has 2 heterocycles. The van der Waals surface area contributed by atoms with Crippen LogP contribution in [0.4, 0.5) is 0 Å². The van der Waals surface area contributed by atoms with Gasteiger partial charge in [-0.25, -0.2) is 0 Å². The minimum atomic E-state index is -1.49. The number of hydrogen-bond donors (Lipinski definition) is 0. The van der Waals surface area contributed by atoms with Crippen LogP contribution in [-0.4, -0.2) is 46.6 Å². The second-order valence-corrected chi connectivity index (χ2v) is 31.3. The fourth-order valence-electron chi connectivity index (χ4n) is 4.89. The van der Waals surface area contributed by atoms with Gasteiger partial charge < -0.3 is 0 Å². The van der Waals surface area contributed by atoms with E-state index in [4.69, 9.17) is 0 Å². The molecule has 0 aromatic rings. The van der Waals surface area contributed by atoms with Gasteiger partial charge in [0.15, 0.2) is 0 Å². The molecule has 2 aliphatic heterocycles. The fourth-order valence-corrected chi connectivity index (χ4v) is 25.7. The molecule has 0 aromatic heterocycles. The summed E-state index contributed by atoms with van der Waals surface area (Å²) in [6, 6.07) is 0. The van der Waals surface area contributed by atoms with E-state index in [0.717, 1.165) is 5.92 Å². The summed E-state index contributed by atoms with van der Waals surface area (Å²) < 4.78 is 0.971. The molecule has 0 nitrogen and oxygen atoms in total. The molecule has 178 valence electrons. The van der Waals surface area contributed by atoms with Crippen LogP contribution in [0, 0.1) is 5.92 Å². The van der Waals surface area contributed by atoms with Gasteiger partial charge in [0, 0.05) is 0 Å². The zero-order valence-electron chi connectivity index (χ0n) is 21.9. The Morgan fingerprint density at radius 2 is 1.10 bits per heavy atom. The summed E-state index contributed by atoms with van der Waals surface area (Å²) in [5.41, 5.74) is 0. The Labute approximate surface area is 208 Å². The molecule has 0 spiro atoms. The van der Waals surface area contributed by atoms with Crippen molar-refractivity contribution in [2.75, 3.05) is 23.0 Å². The molecule has 0 bridgehead atoms. The van der Waals surface area contributed by atoms with Gasteiger partial charge in [-0.2, -0.15) is 0 Å². The standard InChI is InChI=1S/C24H50S4Si2/c1-20(24(27-18-13-19-28-24)30(10,11)22(5,6)7)14-15-23(25-16-12-17-26-23)29(8,9)21(2,3)4/h20H,12-19H2,1-11H3. The highest BCUT2D eigenvalue weighted by Crippen LogP contribution is 2.63. The molecule has 30 heavy (non-hydrogen) atoms. The molecule has 1 unspecified atom stereocenters. The summed E-state index contributed by atoms with van der Waals surface area (Å²) in [4.78, 5) is 0. The summed E-state index contributed by atoms with van der Waals surface area (Å²) in [7, 11) is -2.94. The minimum Gasteiger partial charge on any atom is -0.148 e. The molecule has 2 saturated heterocycles. The van der Waals surface area contributed by atoms with Crippen LogP contribution in [0.15, 0.2) is 0 Å². The third-order valence-electron chi connectivity index (χ3n) is 9.01. The van der Waals surface area contributed by atoms with E-state index < -0.39 is 16.1 Å². The van der Waals surface area contributed by atoms with Gasteiger partial charge in [0.25, 0.3) is 0 Å². The predicted molar refractivity (Wildman–Crippen MR) is 157 cm³/mol. The molecule has 0 aliphatic carbocycles. The average molecular weight is 523 g/mol. The van der Waals surface area contributed by atoms with Crippen LogP contribution in [0.5, 0.6) is 0 Å². The van der Waals surface area contributed by atoms with Crippen molar-refractivity contribution in [3.8, 4) is 0 Å². The first-order valence-corrected chi connectivity index (χ1v) is 22.0. The Bertz CT molecular complexity index is 563. The predicted octanol–water partition coefficient (Wildman–Crippen LogP) is 9.63. The van der Waals surface area contributed by atoms with Crippen molar-refractivity contribution in [2.45, 2.75) is 118 Å². The van der Waals surface area contributed by atoms with E-state index in [1.165, 1.54) is 48.7 Å². The second-order valence-electron chi connectivity index (χ2n) is 12.7. The van der Waals surface area contributed by atoms with Crippen molar-refractivity contribution in [1.29, 1.82) is 0 Å². The maximum Gasteiger partial charge on any atom is 0.0838 e. The highest BCUT2D eigenvalue weighted by molar-refractivity contribution is 8.21. The smallest absolute Gasteiger partial charge is 0.0838 e. The zero-order chi connectivity index (χ0) is 23.1. The molecular formula is C24H50S4Si2. The lowest BCUT2D eigenvalue weighted by atomic mass is 10.1. The van der Waals surface area contributed by atoms with Crippen molar-refractivity contribution in [3.63, 3.8) is 0 Å². The molecule has 0 N–H and O–H groups in total. The van der Waals surface area contributed by atoms with Crippen molar-refractivity contribution >= 4 is 63.2 Å². The van der Waals surface area contributed by atoms with Crippen LogP contribution < -0.4 is 0 Å². The molecule has 0 radical (unpaired) electrons. The van der Waals surface area contributed by atoms with Gasteiger partial charge in [-0.15, -0.1) is 47.0 Å². The van der Waals surface area contributed by atoms with E-state index in [2.05, 4.69) is 122 Å². The van der Waals surface area contributed by atoms with Gasteiger partial charge in [-0.05, 0) is 64.7 Å². The van der Waals surface area contributed by atoms with Gasteiger partial charge in [0.1, 0.15) is 0 Å². The molecule has 1 atom stereocenters. The zero-order valence-corrected chi connectivity index (χ0v) is 27.1. The lowest BCUT2D eigenvalue weighted by molar-refractivity contribution is 0.504. The first kappa shape index (κ1) is 28.1. The molecule has 0 aromatic carbocycles. The van der Waals surface area contributed by atoms with E-state index in [1.807, 2.05) is 0 Å². The van der Waals surface area contributed by atoms with Crippen LogP contribution in [0.25, 0.3) is 0 Å². The van der Waals surface area contributed by atoms with Crippen molar-refractivity contribution < 1.29 is 0 Å². The van der Waals surface area contributed by atoms with Crippen LogP contribution in [-0.2, 0) is 0 Å². The topological polar surface area (TPSA) is 0 Å². The highest BCUT2D eigenvalue weighted by Gasteiger charge is 2.59. The first-order valence-electron chi connectivity index (χ1n) is 12.1. The van der Waals surface area contributed by atoms with E-state index in [-0.39, 0.29) is 0 Å². The Kier molecular flexibility index (Phi) is 9.20. The summed E-state index contributed by atoms with van der Waals surface area (Å²) in [6.07, 6.45) is 5.65. The van der Waals surface area contributed by atoms with E-state index in [1.54, 1.807) is 0 Å². The van der Waals surface area contributed by atoms with Gasteiger partial charge in [0.2, 0.25) is 0 Å². The molecular weight excluding hydrogens is 473 g/mol. The van der Waals surface area contributed by atoms with Crippen LogP contribution in [0.1, 0.15) is 74.1 Å². The van der Waals surface area contributed by atoms with E-state index in [9.17, 15) is 0 Å². The number of hydrogen-bond acceptors (Lipinski definition) is 4. The second kappa shape index (κ2) is 9.83. The monoisotopic (exact) mass is 522 g/mol. The molecule has 2 aliphatic rings. The molecule has 0 amide bonds. The van der Waals surface area contributed by atoms with E-state index in [0.29, 0.717) is 17.5 Å². The molecule has 2 fully saturated rings. The van der Waals surface area contributed by atoms with Crippen LogP contribution in [0.3, 0.4) is 0 Å². The number of thioether (sulfide) groups is 4. The fraction of sp³-hybridized carbons (Fsp3) is 1.00. The lowest BCUT2D eigenvalue weighted by Crippen LogP contribution is -2.61. The molecule has 2 rings (SSSR count). The SMILES string of the molecule is CC(CCC1([Si](C)(C)C(C)(C)C)SCCCS1)C1([Si](C)(C)C(C)(C)C)SCCCS1. The quantitative estimate of drug-likeness (QED) is 0.318. The third-order valence-corrected chi connectivity index (χ3v) is 35.1. The first-order chi connectivity index (χ1) is 13.5. The Morgan fingerprint density at radius 1 is 0.700 bits per heavy atom. The maximum absolute atomic E-state index is 2.71. The number of rotatable bonds is 6. The molecule has 0 saturated carbocycles. The average Bonchev–Trinajstić information content (AvgIpc) is 2.65. The lowest BCUT2D eigenvalue weighted by Gasteiger charge is -2.57. The maximum atomic E-state index is 2.71. The van der Waals surface area contributed by atoms with Crippen molar-refractivity contribution in [2.24, 2.45) is 5.92 Å². The summed E-state index contributed by atoms with van der Waals surface area (Å²) in [6.45, 7) is 28.7. The largest absolute Gasteiger partial charge is 0.148 e. The van der Waals surface area contributed by atoms with Gasteiger partial charge >= 0.3 is 0 Å². The minimum absolute atomic E-state index is 0.448. The van der Waals surface area contributed by atoms with Gasteiger partial charge in [0.05, 0.1) is 23.6 Å². The van der Waals surface area contributed by atoms with Crippen molar-refractivity contribution in [3.05, 3.63) is 0 Å². The summed E-state index contributed by atoms with van der Waals surface area (Å²) >= 11 is 9.48. The van der Waals surface area contributed by atoms with E-state index >= 15 is 0 Å². The Hall–Kier alpha value is 1.83. The highest BCUT2D eigenvalue weighted by atomic mass is 32.2. The molecule has 6 heteroatoms. The van der Waals surface area contributed by atoms with Crippen LogP contribution in [0.2, 0.25) is 36.3 Å². The summed E-state index contributed by atoms with van der Waals surface area (Å²) in [5.74, 6) is 6.32. The summed E-state index contributed by atoms with van der Waals surface area (Å²) in [5, 5.41) is 0.906. The Morgan fingerprint density at radius 3 is 1.50 bits per heavy atom. The van der Waals surface area contributed by atoms with Gasteiger partial charge in [-0.3, -0.25) is 0 Å². The van der Waals surface area contributed by atoms with Gasteiger partial charge in [-0.1, -0.05) is 74.7 Å². The van der Waals surface area contributed by atoms with Crippen LogP contribution >= 0.6 is 47.0 Å².